The van der Waals surface area contributed by atoms with Crippen LogP contribution in [0.5, 0.6) is 0 Å². The van der Waals surface area contributed by atoms with Crippen LogP contribution in [0.15, 0.2) is 54.6 Å². The van der Waals surface area contributed by atoms with E-state index in [0.717, 1.165) is 11.3 Å². The van der Waals surface area contributed by atoms with E-state index < -0.39 is 5.91 Å². The largest absolute Gasteiger partial charge is 0.395 e. The second-order valence-electron chi connectivity index (χ2n) is 4.99. The van der Waals surface area contributed by atoms with Gasteiger partial charge in [0.25, 0.3) is 5.91 Å². The van der Waals surface area contributed by atoms with Gasteiger partial charge in [-0.05, 0) is 24.3 Å². The van der Waals surface area contributed by atoms with Gasteiger partial charge in [0.05, 0.1) is 12.3 Å². The van der Waals surface area contributed by atoms with Gasteiger partial charge in [-0.25, -0.2) is 9.67 Å². The molecule has 0 atom stereocenters. The molecule has 0 radical (unpaired) electrons. The van der Waals surface area contributed by atoms with E-state index in [1.165, 1.54) is 0 Å². The Morgan fingerprint density at radius 3 is 2.50 bits per heavy atom. The highest BCUT2D eigenvalue weighted by atomic mass is 35.5. The average molecular weight is 343 g/mol. The fraction of sp³-hybridized carbons (Fsp3) is 0.118. The Morgan fingerprint density at radius 1 is 1.12 bits per heavy atom. The van der Waals surface area contributed by atoms with Crippen LogP contribution in [0.2, 0.25) is 5.02 Å². The van der Waals surface area contributed by atoms with Crippen LogP contribution in [-0.4, -0.2) is 38.9 Å². The minimum atomic E-state index is -0.436. The number of hydrogen-bond acceptors (Lipinski definition) is 4. The molecule has 0 aliphatic heterocycles. The number of nitrogens with one attached hydrogen (secondary N) is 1. The molecule has 0 unspecified atom stereocenters. The molecule has 7 heteroatoms. The zero-order valence-electron chi connectivity index (χ0n) is 12.7. The third kappa shape index (κ3) is 3.45. The van der Waals surface area contributed by atoms with Crippen molar-refractivity contribution in [3.05, 3.63) is 65.4 Å². The molecule has 0 saturated heterocycles. The molecule has 0 aliphatic rings. The first-order chi connectivity index (χ1) is 11.7. The van der Waals surface area contributed by atoms with Crippen molar-refractivity contribution >= 4 is 17.5 Å². The van der Waals surface area contributed by atoms with E-state index in [9.17, 15) is 4.79 Å². The van der Waals surface area contributed by atoms with Crippen molar-refractivity contribution in [1.82, 2.24) is 20.1 Å². The monoisotopic (exact) mass is 342 g/mol. The Kier molecular flexibility index (Phi) is 4.88. The lowest BCUT2D eigenvalue weighted by atomic mass is 10.2. The number of carbonyl (C=O) groups excluding carboxylic acids is 1. The Morgan fingerprint density at radius 2 is 1.83 bits per heavy atom. The van der Waals surface area contributed by atoms with E-state index in [0.29, 0.717) is 10.8 Å². The van der Waals surface area contributed by atoms with Gasteiger partial charge in [0.2, 0.25) is 5.82 Å². The Bertz CT molecular complexity index is 832. The zero-order chi connectivity index (χ0) is 16.9. The van der Waals surface area contributed by atoms with Gasteiger partial charge in [0.15, 0.2) is 5.82 Å². The average Bonchev–Trinajstić information content (AvgIpc) is 3.06. The van der Waals surface area contributed by atoms with Crippen molar-refractivity contribution in [2.24, 2.45) is 0 Å². The van der Waals surface area contributed by atoms with Crippen LogP contribution in [0.3, 0.4) is 0 Å². The predicted molar refractivity (Wildman–Crippen MR) is 91.2 cm³/mol. The third-order valence-corrected chi connectivity index (χ3v) is 3.56. The first kappa shape index (κ1) is 16.2. The quantitative estimate of drug-likeness (QED) is 0.745. The van der Waals surface area contributed by atoms with E-state index in [2.05, 4.69) is 15.4 Å². The second kappa shape index (κ2) is 7.25. The summed E-state index contributed by atoms with van der Waals surface area (Å²) < 4.78 is 1.60. The normalized spacial score (nSPS) is 10.6. The molecule has 1 heterocycles. The van der Waals surface area contributed by atoms with Crippen molar-refractivity contribution in [2.45, 2.75) is 0 Å². The number of aromatic nitrogens is 3. The Balaban J connectivity index is 2.06. The lowest BCUT2D eigenvalue weighted by Crippen LogP contribution is -2.27. The molecule has 0 aliphatic carbocycles. The molecule has 2 aromatic carbocycles. The summed E-state index contributed by atoms with van der Waals surface area (Å²) in [5, 5.41) is 16.3. The van der Waals surface area contributed by atoms with Gasteiger partial charge < -0.3 is 10.4 Å². The summed E-state index contributed by atoms with van der Waals surface area (Å²) in [7, 11) is 0. The fourth-order valence-corrected chi connectivity index (χ4v) is 2.32. The molecule has 1 amide bonds. The molecule has 3 aromatic rings. The van der Waals surface area contributed by atoms with Gasteiger partial charge in [-0.15, -0.1) is 5.10 Å². The van der Waals surface area contributed by atoms with Gasteiger partial charge in [-0.1, -0.05) is 41.9 Å². The van der Waals surface area contributed by atoms with Crippen LogP contribution in [0.25, 0.3) is 17.1 Å². The Labute approximate surface area is 143 Å². The summed E-state index contributed by atoms with van der Waals surface area (Å²) in [4.78, 5) is 16.5. The number of halogens is 1. The topological polar surface area (TPSA) is 80.0 Å². The van der Waals surface area contributed by atoms with Gasteiger partial charge in [-0.3, -0.25) is 4.79 Å². The van der Waals surface area contributed by atoms with Crippen molar-refractivity contribution in [2.75, 3.05) is 13.2 Å². The van der Waals surface area contributed by atoms with Crippen molar-refractivity contribution in [3.8, 4) is 17.1 Å². The minimum Gasteiger partial charge on any atom is -0.395 e. The number of aliphatic hydroxyl groups excluding tert-OH is 1. The Hall–Kier alpha value is -2.70. The minimum absolute atomic E-state index is 0.0391. The van der Waals surface area contributed by atoms with Gasteiger partial charge in [-0.2, -0.15) is 0 Å². The summed E-state index contributed by atoms with van der Waals surface area (Å²) in [5.41, 5.74) is 1.58. The molecule has 2 N–H and O–H groups in total. The SMILES string of the molecule is O=C(NCCO)c1nc(-c2ccccc2)n(-c2ccc(Cl)cc2)n1. The lowest BCUT2D eigenvalue weighted by Gasteiger charge is -2.05. The number of benzene rings is 2. The molecule has 3 rings (SSSR count). The van der Waals surface area contributed by atoms with E-state index in [1.54, 1.807) is 28.9 Å². The number of carbonyl (C=O) groups is 1. The number of aliphatic hydroxyl groups is 1. The molecule has 24 heavy (non-hydrogen) atoms. The molecule has 0 saturated carbocycles. The van der Waals surface area contributed by atoms with Crippen LogP contribution in [0.1, 0.15) is 10.6 Å². The molecule has 1 aromatic heterocycles. The first-order valence-electron chi connectivity index (χ1n) is 7.36. The lowest BCUT2D eigenvalue weighted by molar-refractivity contribution is 0.0934. The number of hydrogen-bond donors (Lipinski definition) is 2. The summed E-state index contributed by atoms with van der Waals surface area (Å²) >= 11 is 5.94. The zero-order valence-corrected chi connectivity index (χ0v) is 13.4. The highest BCUT2D eigenvalue weighted by Gasteiger charge is 2.18. The molecule has 0 bridgehead atoms. The molecule has 122 valence electrons. The molecular formula is C17H15ClN4O2. The van der Waals surface area contributed by atoms with E-state index in [1.807, 2.05) is 30.3 Å². The van der Waals surface area contributed by atoms with E-state index in [4.69, 9.17) is 16.7 Å². The van der Waals surface area contributed by atoms with E-state index in [-0.39, 0.29) is 19.0 Å². The number of amides is 1. The van der Waals surface area contributed by atoms with Crippen LogP contribution in [-0.2, 0) is 0 Å². The number of nitrogens with zero attached hydrogens (tertiary/aromatic N) is 3. The maximum Gasteiger partial charge on any atom is 0.291 e. The van der Waals surface area contributed by atoms with Crippen LogP contribution in [0, 0.1) is 0 Å². The molecular weight excluding hydrogens is 328 g/mol. The summed E-state index contributed by atoms with van der Waals surface area (Å²) in [6.07, 6.45) is 0. The summed E-state index contributed by atoms with van der Waals surface area (Å²) in [6.45, 7) is 0.00413. The highest BCUT2D eigenvalue weighted by molar-refractivity contribution is 6.30. The predicted octanol–water partition coefficient (Wildman–Crippen LogP) is 2.31. The van der Waals surface area contributed by atoms with Crippen molar-refractivity contribution in [3.63, 3.8) is 0 Å². The van der Waals surface area contributed by atoms with Crippen LogP contribution >= 0.6 is 11.6 Å². The second-order valence-corrected chi connectivity index (χ2v) is 5.43. The highest BCUT2D eigenvalue weighted by Crippen LogP contribution is 2.22. The fourth-order valence-electron chi connectivity index (χ4n) is 2.19. The maximum absolute atomic E-state index is 12.1. The van der Waals surface area contributed by atoms with E-state index >= 15 is 0 Å². The van der Waals surface area contributed by atoms with Crippen molar-refractivity contribution < 1.29 is 9.90 Å². The smallest absolute Gasteiger partial charge is 0.291 e. The van der Waals surface area contributed by atoms with Gasteiger partial charge >= 0.3 is 0 Å². The van der Waals surface area contributed by atoms with Gasteiger partial charge in [0.1, 0.15) is 0 Å². The number of rotatable bonds is 5. The summed E-state index contributed by atoms with van der Waals surface area (Å²) in [5.74, 6) is 0.151. The summed E-state index contributed by atoms with van der Waals surface area (Å²) in [6, 6.07) is 16.6. The third-order valence-electron chi connectivity index (χ3n) is 3.31. The van der Waals surface area contributed by atoms with Crippen LogP contribution < -0.4 is 5.32 Å². The molecule has 0 spiro atoms. The maximum atomic E-state index is 12.1. The van der Waals surface area contributed by atoms with Crippen LogP contribution in [0.4, 0.5) is 0 Å². The molecule has 0 fully saturated rings. The van der Waals surface area contributed by atoms with Crippen molar-refractivity contribution in [1.29, 1.82) is 0 Å². The van der Waals surface area contributed by atoms with Gasteiger partial charge in [0, 0.05) is 17.1 Å². The standard InChI is InChI=1S/C17H15ClN4O2/c18-13-6-8-14(9-7-13)22-16(12-4-2-1-3-5-12)20-15(21-22)17(24)19-10-11-23/h1-9,23H,10-11H2,(H,19,24). The first-order valence-corrected chi connectivity index (χ1v) is 7.74. The molecule has 6 nitrogen and oxygen atoms in total.